The molecule has 29 heavy (non-hydrogen) atoms. The Morgan fingerprint density at radius 2 is 1.93 bits per heavy atom. The van der Waals surface area contributed by atoms with Crippen molar-refractivity contribution >= 4 is 60.1 Å². The van der Waals surface area contributed by atoms with Gasteiger partial charge in [0.1, 0.15) is 0 Å². The fraction of sp³-hybridized carbons (Fsp3) is 0.381. The minimum absolute atomic E-state index is 0.0815. The lowest BCUT2D eigenvalue weighted by molar-refractivity contribution is 0.102. The standard InChI is InChI=1S/C21H24BrIN2O3S/c1-2-5-17-6-3-4-13-25(17)29(27,28)18-10-8-16(9-11-18)24-21(26)15-7-12-19(22)20(23)14-15/h7-12,14,17H,2-6,13H2,1H3,(H,24,26). The summed E-state index contributed by atoms with van der Waals surface area (Å²) in [4.78, 5) is 12.7. The summed E-state index contributed by atoms with van der Waals surface area (Å²) in [5, 5.41) is 2.83. The van der Waals surface area contributed by atoms with Crippen molar-refractivity contribution in [2.24, 2.45) is 0 Å². The van der Waals surface area contributed by atoms with Gasteiger partial charge in [0.25, 0.3) is 5.91 Å². The average molecular weight is 591 g/mol. The Morgan fingerprint density at radius 1 is 1.21 bits per heavy atom. The van der Waals surface area contributed by atoms with Crippen LogP contribution in [-0.2, 0) is 10.0 Å². The van der Waals surface area contributed by atoms with Crippen LogP contribution in [0.2, 0.25) is 0 Å². The van der Waals surface area contributed by atoms with E-state index in [0.717, 1.165) is 40.1 Å². The molecule has 8 heteroatoms. The maximum absolute atomic E-state index is 13.1. The Hall–Kier alpha value is -0.970. The average Bonchev–Trinajstić information content (AvgIpc) is 2.71. The summed E-state index contributed by atoms with van der Waals surface area (Å²) in [6.45, 7) is 2.66. The maximum atomic E-state index is 13.1. The monoisotopic (exact) mass is 590 g/mol. The van der Waals surface area contributed by atoms with Gasteiger partial charge >= 0.3 is 0 Å². The van der Waals surface area contributed by atoms with Gasteiger partial charge < -0.3 is 5.32 Å². The first-order valence-electron chi connectivity index (χ1n) is 9.71. The van der Waals surface area contributed by atoms with E-state index in [1.807, 2.05) is 6.07 Å². The molecule has 1 aliphatic heterocycles. The molecule has 1 unspecified atom stereocenters. The third-order valence-electron chi connectivity index (χ3n) is 5.10. The van der Waals surface area contributed by atoms with Crippen LogP contribution in [0.4, 0.5) is 5.69 Å². The number of carbonyl (C=O) groups excluding carboxylic acids is 1. The first-order chi connectivity index (χ1) is 13.8. The van der Waals surface area contributed by atoms with Crippen molar-refractivity contribution in [1.82, 2.24) is 4.31 Å². The van der Waals surface area contributed by atoms with E-state index in [2.05, 4.69) is 50.8 Å². The summed E-state index contributed by atoms with van der Waals surface area (Å²) in [5.74, 6) is -0.231. The Labute approximate surface area is 194 Å². The van der Waals surface area contributed by atoms with Gasteiger partial charge in [-0.05, 0) is 100 Å². The van der Waals surface area contributed by atoms with Crippen LogP contribution in [0.1, 0.15) is 49.4 Å². The van der Waals surface area contributed by atoms with E-state index < -0.39 is 10.0 Å². The Balaban J connectivity index is 1.75. The van der Waals surface area contributed by atoms with Crippen LogP contribution in [0, 0.1) is 3.57 Å². The molecule has 156 valence electrons. The first-order valence-corrected chi connectivity index (χ1v) is 13.0. The molecule has 0 aromatic heterocycles. The van der Waals surface area contributed by atoms with Crippen molar-refractivity contribution in [3.63, 3.8) is 0 Å². The fourth-order valence-electron chi connectivity index (χ4n) is 3.60. The smallest absolute Gasteiger partial charge is 0.255 e. The molecule has 1 atom stereocenters. The number of carbonyl (C=O) groups is 1. The van der Waals surface area contributed by atoms with E-state index in [0.29, 0.717) is 17.8 Å². The van der Waals surface area contributed by atoms with E-state index in [-0.39, 0.29) is 16.8 Å². The third-order valence-corrected chi connectivity index (χ3v) is 9.39. The maximum Gasteiger partial charge on any atom is 0.255 e. The summed E-state index contributed by atoms with van der Waals surface area (Å²) in [6, 6.07) is 11.9. The van der Waals surface area contributed by atoms with Crippen LogP contribution >= 0.6 is 38.5 Å². The predicted octanol–water partition coefficient (Wildman–Crippen LogP) is 5.65. The lowest BCUT2D eigenvalue weighted by atomic mass is 10.0. The molecule has 1 heterocycles. The molecule has 1 aliphatic rings. The molecular formula is C21H24BrIN2O3S. The molecule has 0 aliphatic carbocycles. The molecule has 1 fully saturated rings. The van der Waals surface area contributed by atoms with Crippen molar-refractivity contribution in [2.75, 3.05) is 11.9 Å². The molecular weight excluding hydrogens is 567 g/mol. The highest BCUT2D eigenvalue weighted by Gasteiger charge is 2.32. The highest BCUT2D eigenvalue weighted by Crippen LogP contribution is 2.28. The number of nitrogens with zero attached hydrogens (tertiary/aromatic N) is 1. The Bertz CT molecular complexity index is 978. The zero-order valence-electron chi connectivity index (χ0n) is 16.2. The lowest BCUT2D eigenvalue weighted by Crippen LogP contribution is -2.43. The summed E-state index contributed by atoms with van der Waals surface area (Å²) in [5.41, 5.74) is 1.11. The number of hydrogen-bond acceptors (Lipinski definition) is 3. The van der Waals surface area contributed by atoms with Gasteiger partial charge in [0.15, 0.2) is 0 Å². The Morgan fingerprint density at radius 3 is 2.59 bits per heavy atom. The van der Waals surface area contributed by atoms with Crippen molar-refractivity contribution < 1.29 is 13.2 Å². The highest BCUT2D eigenvalue weighted by molar-refractivity contribution is 14.1. The number of anilines is 1. The van der Waals surface area contributed by atoms with Gasteiger partial charge in [-0.25, -0.2) is 8.42 Å². The van der Waals surface area contributed by atoms with Crippen LogP contribution in [0.5, 0.6) is 0 Å². The van der Waals surface area contributed by atoms with E-state index >= 15 is 0 Å². The molecule has 5 nitrogen and oxygen atoms in total. The van der Waals surface area contributed by atoms with Crippen molar-refractivity contribution in [1.29, 1.82) is 0 Å². The van der Waals surface area contributed by atoms with Crippen LogP contribution in [-0.4, -0.2) is 31.2 Å². The van der Waals surface area contributed by atoms with Gasteiger partial charge in [-0.2, -0.15) is 4.31 Å². The molecule has 0 radical (unpaired) electrons. The fourth-order valence-corrected chi connectivity index (χ4v) is 6.08. The van der Waals surface area contributed by atoms with Gasteiger partial charge in [0, 0.05) is 31.9 Å². The number of piperidine rings is 1. The summed E-state index contributed by atoms with van der Waals surface area (Å²) >= 11 is 5.58. The second-order valence-electron chi connectivity index (χ2n) is 7.16. The molecule has 1 amide bonds. The van der Waals surface area contributed by atoms with Gasteiger partial charge in [0.05, 0.1) is 4.90 Å². The molecule has 3 rings (SSSR count). The van der Waals surface area contributed by atoms with Gasteiger partial charge in [-0.15, -0.1) is 0 Å². The summed E-state index contributed by atoms with van der Waals surface area (Å²) in [6.07, 6.45) is 4.76. The zero-order chi connectivity index (χ0) is 21.0. The van der Waals surface area contributed by atoms with E-state index in [1.54, 1.807) is 40.7 Å². The van der Waals surface area contributed by atoms with Gasteiger partial charge in [-0.3, -0.25) is 4.79 Å². The second kappa shape index (κ2) is 9.89. The van der Waals surface area contributed by atoms with Crippen LogP contribution < -0.4 is 5.32 Å². The zero-order valence-corrected chi connectivity index (χ0v) is 20.8. The number of halogens is 2. The third kappa shape index (κ3) is 5.39. The van der Waals surface area contributed by atoms with Gasteiger partial charge in [-0.1, -0.05) is 19.8 Å². The molecule has 1 saturated heterocycles. The molecule has 2 aromatic carbocycles. The van der Waals surface area contributed by atoms with Crippen LogP contribution in [0.15, 0.2) is 51.8 Å². The number of amides is 1. The van der Waals surface area contributed by atoms with E-state index in [4.69, 9.17) is 0 Å². The molecule has 0 spiro atoms. The molecule has 0 saturated carbocycles. The van der Waals surface area contributed by atoms with Gasteiger partial charge in [0.2, 0.25) is 10.0 Å². The second-order valence-corrected chi connectivity index (χ2v) is 11.1. The minimum Gasteiger partial charge on any atom is -0.322 e. The SMILES string of the molecule is CCCC1CCCCN1S(=O)(=O)c1ccc(NC(=O)c2ccc(Br)c(I)c2)cc1. The number of sulfonamides is 1. The molecule has 1 N–H and O–H groups in total. The lowest BCUT2D eigenvalue weighted by Gasteiger charge is -2.34. The molecule has 0 bridgehead atoms. The first kappa shape index (κ1) is 22.7. The number of hydrogen-bond donors (Lipinski definition) is 1. The summed E-state index contributed by atoms with van der Waals surface area (Å²) in [7, 11) is -3.53. The largest absolute Gasteiger partial charge is 0.322 e. The quantitative estimate of drug-likeness (QED) is 0.442. The predicted molar refractivity (Wildman–Crippen MR) is 128 cm³/mol. The normalized spacial score (nSPS) is 17.8. The van der Waals surface area contributed by atoms with E-state index in [9.17, 15) is 13.2 Å². The number of benzene rings is 2. The van der Waals surface area contributed by atoms with Crippen molar-refractivity contribution in [3.05, 3.63) is 56.1 Å². The van der Waals surface area contributed by atoms with E-state index in [1.165, 1.54) is 0 Å². The van der Waals surface area contributed by atoms with Crippen molar-refractivity contribution in [3.8, 4) is 0 Å². The topological polar surface area (TPSA) is 66.5 Å². The number of nitrogens with one attached hydrogen (secondary N) is 1. The van der Waals surface area contributed by atoms with Crippen LogP contribution in [0.3, 0.4) is 0 Å². The Kier molecular flexibility index (Phi) is 7.75. The molecule has 2 aromatic rings. The van der Waals surface area contributed by atoms with Crippen molar-refractivity contribution in [2.45, 2.75) is 50.0 Å². The number of rotatable bonds is 6. The van der Waals surface area contributed by atoms with Crippen LogP contribution in [0.25, 0.3) is 0 Å². The minimum atomic E-state index is -3.53. The highest BCUT2D eigenvalue weighted by atomic mass is 127. The summed E-state index contributed by atoms with van der Waals surface area (Å²) < 4.78 is 29.8.